The van der Waals surface area contributed by atoms with Crippen LogP contribution in [0, 0.1) is 0 Å². The van der Waals surface area contributed by atoms with Crippen molar-refractivity contribution in [1.82, 2.24) is 0 Å². The summed E-state index contributed by atoms with van der Waals surface area (Å²) in [6.07, 6.45) is 0.169. The third-order valence-electron chi connectivity index (χ3n) is 3.65. The fourth-order valence-electron chi connectivity index (χ4n) is 2.33. The van der Waals surface area contributed by atoms with Gasteiger partial charge < -0.3 is 10.8 Å². The number of aliphatic imine (C=N–C) groups is 1. The molecule has 2 rings (SSSR count). The number of anilines is 1. The second kappa shape index (κ2) is 12.5. The minimum Gasteiger partial charge on any atom is -0.862 e. The minimum absolute atomic E-state index is 0. The quantitative estimate of drug-likeness (QED) is 0.0583. The van der Waals surface area contributed by atoms with Crippen LogP contribution in [0.15, 0.2) is 55.3 Å². The summed E-state index contributed by atoms with van der Waals surface area (Å²) in [5.74, 6) is -0.607. The molecule has 0 radical (unpaired) electrons. The Morgan fingerprint density at radius 2 is 1.79 bits per heavy atom. The zero-order valence-electron chi connectivity index (χ0n) is 17.5. The van der Waals surface area contributed by atoms with Crippen molar-refractivity contribution >= 4 is 72.2 Å². The van der Waals surface area contributed by atoms with Crippen LogP contribution < -0.4 is 40.4 Å². The summed E-state index contributed by atoms with van der Waals surface area (Å²) >= 11 is 6.97. The van der Waals surface area contributed by atoms with Gasteiger partial charge in [0.25, 0.3) is 20.2 Å². The molecule has 0 saturated carbocycles. The third kappa shape index (κ3) is 9.88. The Kier molecular flexibility index (Phi) is 11.3. The monoisotopic (exact) mass is 544 g/mol. The zero-order valence-corrected chi connectivity index (χ0v) is 22.7. The number of nitrogen functional groups attached to an aromatic ring is 1. The average molecular weight is 545 g/mol. The van der Waals surface area contributed by atoms with E-state index in [-0.39, 0.29) is 63.8 Å². The van der Waals surface area contributed by atoms with Gasteiger partial charge in [-0.05, 0) is 55.3 Å². The van der Waals surface area contributed by atoms with E-state index in [1.165, 1.54) is 43.0 Å². The Morgan fingerprint density at radius 3 is 2.36 bits per heavy atom. The van der Waals surface area contributed by atoms with Crippen LogP contribution in [0.1, 0.15) is 13.3 Å². The molecule has 0 saturated heterocycles. The van der Waals surface area contributed by atoms with Gasteiger partial charge in [-0.3, -0.25) is 14.1 Å². The molecule has 0 aliphatic carbocycles. The maximum atomic E-state index is 11.5. The number of rotatable bonds is 9. The number of hydrogen-bond donors (Lipinski definition) is 3. The van der Waals surface area contributed by atoms with Crippen LogP contribution in [0.4, 0.5) is 22.7 Å². The second-order valence-corrected chi connectivity index (χ2v) is 10.8. The fourth-order valence-corrected chi connectivity index (χ4v) is 4.94. The molecule has 16 heteroatoms. The summed E-state index contributed by atoms with van der Waals surface area (Å²) in [5.41, 5.74) is 6.55. The molecule has 0 aromatic heterocycles. The van der Waals surface area contributed by atoms with E-state index < -0.39 is 36.8 Å². The van der Waals surface area contributed by atoms with Crippen LogP contribution in [-0.2, 0) is 20.2 Å². The molecular formula is C17H18ClN4NaO7S3. The van der Waals surface area contributed by atoms with Crippen LogP contribution in [0.25, 0.3) is 0 Å². The average Bonchev–Trinajstić information content (AvgIpc) is 2.64. The van der Waals surface area contributed by atoms with Crippen molar-refractivity contribution in [2.75, 3.05) is 17.2 Å². The van der Waals surface area contributed by atoms with Gasteiger partial charge in [0, 0.05) is 10.6 Å². The van der Waals surface area contributed by atoms with E-state index in [1.807, 2.05) is 0 Å². The van der Waals surface area contributed by atoms with Crippen molar-refractivity contribution < 1.29 is 60.6 Å². The standard InChI is InChI=1S/C17H19ClN4O7S3.Na/c1-10(23)20-14-8-13(19)16(30-5-2-6-31(24,25)26)9-15(14)22-21-11-3-4-12(18)17(7-11)32(27,28)29;/h3-4,7-9H,2,5-6,19H2,1H3,(H,20,23)(H,24,25,26)(H,27,28,29);/q;+1/p-1. The summed E-state index contributed by atoms with van der Waals surface area (Å²) < 4.78 is 62.5. The Morgan fingerprint density at radius 1 is 1.12 bits per heavy atom. The first-order valence-corrected chi connectivity index (χ1v) is 13.1. The van der Waals surface area contributed by atoms with Gasteiger partial charge in [-0.25, -0.2) is 0 Å². The van der Waals surface area contributed by atoms with Crippen molar-refractivity contribution in [2.45, 2.75) is 23.1 Å². The predicted molar refractivity (Wildman–Crippen MR) is 121 cm³/mol. The van der Waals surface area contributed by atoms with Crippen LogP contribution in [0.3, 0.4) is 0 Å². The summed E-state index contributed by atoms with van der Waals surface area (Å²) in [7, 11) is -8.65. The molecule has 0 aliphatic heterocycles. The van der Waals surface area contributed by atoms with Crippen molar-refractivity contribution in [3.05, 3.63) is 35.4 Å². The molecule has 174 valence electrons. The molecule has 0 amide bonds. The molecule has 0 heterocycles. The van der Waals surface area contributed by atoms with Gasteiger partial charge in [0.05, 0.1) is 22.2 Å². The molecule has 2 aromatic rings. The van der Waals surface area contributed by atoms with Crippen molar-refractivity contribution in [2.24, 2.45) is 15.2 Å². The first kappa shape index (κ1) is 29.8. The Bertz CT molecular complexity index is 1280. The number of halogens is 1. The predicted octanol–water partition coefficient (Wildman–Crippen LogP) is 0.369. The number of benzene rings is 2. The van der Waals surface area contributed by atoms with Gasteiger partial charge in [0.1, 0.15) is 10.6 Å². The molecule has 11 nitrogen and oxygen atoms in total. The maximum Gasteiger partial charge on any atom is 1.00 e. The molecule has 0 spiro atoms. The molecular weight excluding hydrogens is 527 g/mol. The number of hydrogen-bond acceptors (Lipinski definition) is 10. The first-order chi connectivity index (χ1) is 14.8. The molecule has 4 N–H and O–H groups in total. The van der Waals surface area contributed by atoms with E-state index in [0.717, 1.165) is 6.07 Å². The SMILES string of the molecule is CC([O-])=Nc1cc(N)c(SCCCS(=O)(=O)O)cc1N=Nc1ccc(Cl)c(S(=O)(=O)O)c1.[Na+]. The molecule has 0 bridgehead atoms. The minimum atomic E-state index is -4.58. The van der Waals surface area contributed by atoms with Crippen molar-refractivity contribution in [3.63, 3.8) is 0 Å². The summed E-state index contributed by atoms with van der Waals surface area (Å²) in [5, 5.41) is 19.2. The fraction of sp³-hybridized carbons (Fsp3) is 0.235. The van der Waals surface area contributed by atoms with Crippen molar-refractivity contribution in [3.8, 4) is 0 Å². The van der Waals surface area contributed by atoms with Gasteiger partial charge in [0.2, 0.25) is 0 Å². The van der Waals surface area contributed by atoms with Crippen LogP contribution in [-0.4, -0.2) is 43.3 Å². The number of thioether (sulfide) groups is 1. The second-order valence-electron chi connectivity index (χ2n) is 6.29. The van der Waals surface area contributed by atoms with E-state index in [9.17, 15) is 26.5 Å². The first-order valence-electron chi connectivity index (χ1n) is 8.69. The van der Waals surface area contributed by atoms with E-state index in [0.29, 0.717) is 10.6 Å². The largest absolute Gasteiger partial charge is 1.00 e. The molecule has 0 fully saturated rings. The summed E-state index contributed by atoms with van der Waals surface area (Å²) in [6.45, 7) is 1.23. The van der Waals surface area contributed by atoms with E-state index in [4.69, 9.17) is 21.9 Å². The van der Waals surface area contributed by atoms with Crippen molar-refractivity contribution in [1.29, 1.82) is 0 Å². The number of nitrogens with two attached hydrogens (primary N) is 1. The van der Waals surface area contributed by atoms with Crippen LogP contribution in [0.5, 0.6) is 0 Å². The molecule has 2 aromatic carbocycles. The van der Waals surface area contributed by atoms with Gasteiger partial charge in [-0.15, -0.1) is 16.9 Å². The molecule has 0 aliphatic rings. The number of nitrogens with zero attached hydrogens (tertiary/aromatic N) is 3. The van der Waals surface area contributed by atoms with Crippen LogP contribution in [0.2, 0.25) is 5.02 Å². The van der Waals surface area contributed by atoms with Crippen LogP contribution >= 0.6 is 23.4 Å². The maximum absolute atomic E-state index is 11.5. The molecule has 0 unspecified atom stereocenters. The normalized spacial score (nSPS) is 12.7. The van der Waals surface area contributed by atoms with Gasteiger partial charge in [-0.1, -0.05) is 11.6 Å². The Hall–Kier alpha value is -1.23. The van der Waals surface area contributed by atoms with Gasteiger partial charge >= 0.3 is 29.6 Å². The Balaban J connectivity index is 0.00000544. The topological polar surface area (TPSA) is 195 Å². The third-order valence-corrected chi connectivity index (χ3v) is 6.95. The smallest absolute Gasteiger partial charge is 0.862 e. The molecule has 0 atom stereocenters. The Labute approximate surface area is 222 Å². The summed E-state index contributed by atoms with van der Waals surface area (Å²) in [6, 6.07) is 6.49. The van der Waals surface area contributed by atoms with Gasteiger partial charge in [0.15, 0.2) is 0 Å². The van der Waals surface area contributed by atoms with E-state index >= 15 is 0 Å². The zero-order chi connectivity index (χ0) is 24.1. The summed E-state index contributed by atoms with van der Waals surface area (Å²) in [4.78, 5) is 3.78. The van der Waals surface area contributed by atoms with Gasteiger partial charge in [-0.2, -0.15) is 21.9 Å². The van der Waals surface area contributed by atoms with E-state index in [1.54, 1.807) is 0 Å². The molecule has 33 heavy (non-hydrogen) atoms. The number of azo groups is 1. The van der Waals surface area contributed by atoms with E-state index in [2.05, 4.69) is 15.2 Å².